The Morgan fingerprint density at radius 3 is 2.58 bits per heavy atom. The van der Waals surface area contributed by atoms with Gasteiger partial charge in [-0.15, -0.1) is 0 Å². The number of methoxy groups -OCH3 is 1. The van der Waals surface area contributed by atoms with Crippen molar-refractivity contribution < 1.29 is 28.5 Å². The van der Waals surface area contributed by atoms with Crippen molar-refractivity contribution in [1.29, 1.82) is 0 Å². The average molecular weight is 495 g/mol. The van der Waals surface area contributed by atoms with Crippen molar-refractivity contribution in [3.05, 3.63) is 47.5 Å². The Balaban J connectivity index is 1.56. The summed E-state index contributed by atoms with van der Waals surface area (Å²) in [4.78, 5) is 29.6. The van der Waals surface area contributed by atoms with E-state index in [0.717, 1.165) is 31.2 Å². The van der Waals surface area contributed by atoms with Crippen LogP contribution < -0.4 is 24.3 Å². The predicted octanol–water partition coefficient (Wildman–Crippen LogP) is 4.36. The molecule has 3 aliphatic rings. The highest BCUT2D eigenvalue weighted by molar-refractivity contribution is 5.92. The summed E-state index contributed by atoms with van der Waals surface area (Å²) in [5, 5.41) is 3.24. The fourth-order valence-electron chi connectivity index (χ4n) is 5.25. The summed E-state index contributed by atoms with van der Waals surface area (Å²) in [6, 6.07) is 10.3. The highest BCUT2D eigenvalue weighted by Gasteiger charge is 2.42. The highest BCUT2D eigenvalue weighted by Crippen LogP contribution is 2.40. The maximum absolute atomic E-state index is 14.0. The summed E-state index contributed by atoms with van der Waals surface area (Å²) in [6.07, 6.45) is 4.56. The number of nitrogens with one attached hydrogen (secondary N) is 1. The second-order valence-electron chi connectivity index (χ2n) is 10.1. The Morgan fingerprint density at radius 2 is 1.83 bits per heavy atom. The number of hydrogen-bond acceptors (Lipinski definition) is 6. The van der Waals surface area contributed by atoms with Gasteiger partial charge in [0.15, 0.2) is 17.6 Å². The molecule has 2 aromatic carbocycles. The van der Waals surface area contributed by atoms with Gasteiger partial charge in [-0.05, 0) is 48.6 Å². The van der Waals surface area contributed by atoms with E-state index < -0.39 is 12.1 Å². The van der Waals surface area contributed by atoms with Crippen molar-refractivity contribution in [3.63, 3.8) is 0 Å². The lowest BCUT2D eigenvalue weighted by molar-refractivity contribution is -0.147. The number of rotatable bonds is 6. The van der Waals surface area contributed by atoms with E-state index in [1.165, 1.54) is 6.42 Å². The molecular weight excluding hydrogens is 460 g/mol. The first-order valence-electron chi connectivity index (χ1n) is 12.8. The normalized spacial score (nSPS) is 21.6. The van der Waals surface area contributed by atoms with Gasteiger partial charge >= 0.3 is 0 Å². The first-order chi connectivity index (χ1) is 17.4. The molecular formula is C28H34N2O6. The lowest BCUT2D eigenvalue weighted by Crippen LogP contribution is -2.49. The van der Waals surface area contributed by atoms with Crippen LogP contribution in [0.15, 0.2) is 36.4 Å². The maximum atomic E-state index is 14.0. The molecule has 2 heterocycles. The zero-order valence-corrected chi connectivity index (χ0v) is 21.1. The lowest BCUT2D eigenvalue weighted by Gasteiger charge is -2.33. The zero-order chi connectivity index (χ0) is 25.2. The quantitative estimate of drug-likeness (QED) is 0.642. The van der Waals surface area contributed by atoms with Gasteiger partial charge in [-0.2, -0.15) is 0 Å². The topological polar surface area (TPSA) is 86.3 Å². The second-order valence-corrected chi connectivity index (χ2v) is 10.1. The molecule has 1 saturated carbocycles. The predicted molar refractivity (Wildman–Crippen MR) is 133 cm³/mol. The highest BCUT2D eigenvalue weighted by atomic mass is 16.7. The van der Waals surface area contributed by atoms with Crippen LogP contribution in [0.3, 0.4) is 0 Å². The molecule has 0 radical (unpaired) electrons. The Labute approximate surface area is 211 Å². The van der Waals surface area contributed by atoms with E-state index in [1.807, 2.05) is 44.2 Å². The van der Waals surface area contributed by atoms with E-state index in [2.05, 4.69) is 5.32 Å². The molecule has 36 heavy (non-hydrogen) atoms. The monoisotopic (exact) mass is 494 g/mol. The fourth-order valence-corrected chi connectivity index (χ4v) is 5.25. The van der Waals surface area contributed by atoms with Crippen LogP contribution in [0.25, 0.3) is 0 Å². The molecule has 2 atom stereocenters. The maximum Gasteiger partial charge on any atom is 0.265 e. The van der Waals surface area contributed by atoms with Crippen LogP contribution in [0.1, 0.15) is 63.1 Å². The van der Waals surface area contributed by atoms with E-state index >= 15 is 0 Å². The van der Waals surface area contributed by atoms with Gasteiger partial charge in [0.25, 0.3) is 5.91 Å². The van der Waals surface area contributed by atoms with Crippen molar-refractivity contribution in [1.82, 2.24) is 10.2 Å². The van der Waals surface area contributed by atoms with E-state index in [1.54, 1.807) is 18.1 Å². The summed E-state index contributed by atoms with van der Waals surface area (Å²) in [5.74, 6) is 1.92. The third-order valence-corrected chi connectivity index (χ3v) is 7.20. The van der Waals surface area contributed by atoms with Crippen molar-refractivity contribution >= 4 is 11.8 Å². The Bertz CT molecular complexity index is 1130. The van der Waals surface area contributed by atoms with Gasteiger partial charge in [0.2, 0.25) is 12.7 Å². The minimum Gasteiger partial charge on any atom is -0.497 e. The Kier molecular flexibility index (Phi) is 6.94. The molecule has 0 bridgehead atoms. The molecule has 1 fully saturated rings. The number of hydrogen-bond donors (Lipinski definition) is 1. The molecule has 8 heteroatoms. The summed E-state index contributed by atoms with van der Waals surface area (Å²) in [5.41, 5.74) is 1.50. The molecule has 1 aliphatic carbocycles. The molecule has 2 unspecified atom stereocenters. The minimum absolute atomic E-state index is 0.101. The standard InChI is InChI=1S/C28H34N2O6/c1-17(2)26-28(32)30(15-18-9-12-22-24(13-18)35-16-34-22)25(27(31)29-19-7-5-4-6-8-19)21-11-10-20(33-3)14-23(21)36-26/h9-14,17,19,25-26H,4-8,15-16H2,1-3H3,(H,29,31). The fraction of sp³-hybridized carbons (Fsp3) is 0.500. The summed E-state index contributed by atoms with van der Waals surface area (Å²) in [7, 11) is 1.59. The average Bonchev–Trinajstić information content (AvgIpc) is 3.31. The lowest BCUT2D eigenvalue weighted by atomic mass is 9.94. The SMILES string of the molecule is COc1ccc2c(c1)OC(C(C)C)C(=O)N(Cc1ccc3c(c1)OCO3)C2C(=O)NC1CCCCC1. The number of amides is 2. The number of nitrogens with zero attached hydrogens (tertiary/aromatic N) is 1. The number of fused-ring (bicyclic) bond motifs is 2. The smallest absolute Gasteiger partial charge is 0.265 e. The third kappa shape index (κ3) is 4.81. The number of carbonyl (C=O) groups excluding carboxylic acids is 2. The van der Waals surface area contributed by atoms with Crippen molar-refractivity contribution in [3.8, 4) is 23.0 Å². The summed E-state index contributed by atoms with van der Waals surface area (Å²) >= 11 is 0. The second kappa shape index (κ2) is 10.3. The van der Waals surface area contributed by atoms with Gasteiger partial charge in [-0.25, -0.2) is 0 Å². The first kappa shape index (κ1) is 24.3. The number of ether oxygens (including phenoxy) is 4. The van der Waals surface area contributed by atoms with Gasteiger partial charge in [-0.3, -0.25) is 9.59 Å². The van der Waals surface area contributed by atoms with Crippen LogP contribution in [-0.4, -0.2) is 42.8 Å². The van der Waals surface area contributed by atoms with Crippen LogP contribution in [0.5, 0.6) is 23.0 Å². The van der Waals surface area contributed by atoms with E-state index in [-0.39, 0.29) is 37.1 Å². The van der Waals surface area contributed by atoms with Crippen LogP contribution >= 0.6 is 0 Å². The van der Waals surface area contributed by atoms with Crippen LogP contribution in [0.4, 0.5) is 0 Å². The number of carbonyl (C=O) groups is 2. The molecule has 0 saturated heterocycles. The van der Waals surface area contributed by atoms with Gasteiger partial charge in [0.05, 0.1) is 7.11 Å². The molecule has 2 aromatic rings. The third-order valence-electron chi connectivity index (χ3n) is 7.20. The Hall–Kier alpha value is -3.42. The van der Waals surface area contributed by atoms with Crippen molar-refractivity contribution in [2.75, 3.05) is 13.9 Å². The molecule has 0 spiro atoms. The Morgan fingerprint density at radius 1 is 1.06 bits per heavy atom. The van der Waals surface area contributed by atoms with Gasteiger partial charge in [0, 0.05) is 24.2 Å². The van der Waals surface area contributed by atoms with Crippen molar-refractivity contribution in [2.24, 2.45) is 5.92 Å². The summed E-state index contributed by atoms with van der Waals surface area (Å²) in [6.45, 7) is 4.30. The molecule has 2 aliphatic heterocycles. The molecule has 2 amide bonds. The molecule has 1 N–H and O–H groups in total. The van der Waals surface area contributed by atoms with E-state index in [9.17, 15) is 9.59 Å². The zero-order valence-electron chi connectivity index (χ0n) is 21.1. The van der Waals surface area contributed by atoms with Gasteiger partial charge < -0.3 is 29.2 Å². The minimum atomic E-state index is -0.838. The molecule has 8 nitrogen and oxygen atoms in total. The molecule has 5 rings (SSSR count). The van der Waals surface area contributed by atoms with Crippen LogP contribution in [0, 0.1) is 5.92 Å². The van der Waals surface area contributed by atoms with E-state index in [0.29, 0.717) is 28.6 Å². The van der Waals surface area contributed by atoms with E-state index in [4.69, 9.17) is 18.9 Å². The molecule has 192 valence electrons. The van der Waals surface area contributed by atoms with Gasteiger partial charge in [0.1, 0.15) is 17.5 Å². The first-order valence-corrected chi connectivity index (χ1v) is 12.8. The molecule has 0 aromatic heterocycles. The summed E-state index contributed by atoms with van der Waals surface area (Å²) < 4.78 is 22.7. The van der Waals surface area contributed by atoms with Crippen LogP contribution in [-0.2, 0) is 16.1 Å². The van der Waals surface area contributed by atoms with Gasteiger partial charge in [-0.1, -0.05) is 39.2 Å². The largest absolute Gasteiger partial charge is 0.497 e. The van der Waals surface area contributed by atoms with Crippen LogP contribution in [0.2, 0.25) is 0 Å². The van der Waals surface area contributed by atoms with Crippen molar-refractivity contribution in [2.45, 2.75) is 70.7 Å². The number of benzene rings is 2.